The lowest BCUT2D eigenvalue weighted by molar-refractivity contribution is -0.385. The van der Waals surface area contributed by atoms with E-state index >= 15 is 0 Å². The summed E-state index contributed by atoms with van der Waals surface area (Å²) >= 11 is 0. The first-order valence-electron chi connectivity index (χ1n) is 5.60. The molecule has 0 fully saturated rings. The smallest absolute Gasteiger partial charge is 0.289 e. The third-order valence-corrected chi connectivity index (χ3v) is 2.67. The van der Waals surface area contributed by atoms with Gasteiger partial charge in [-0.3, -0.25) is 10.1 Å². The van der Waals surface area contributed by atoms with Crippen LogP contribution in [0.2, 0.25) is 0 Å². The first kappa shape index (κ1) is 12.6. The van der Waals surface area contributed by atoms with Gasteiger partial charge < -0.3 is 9.73 Å². The average molecular weight is 257 g/mol. The molecule has 6 nitrogen and oxygen atoms in total. The van der Waals surface area contributed by atoms with Crippen molar-refractivity contribution < 1.29 is 9.34 Å². The number of nitrogens with zero attached hydrogens (tertiary/aromatic N) is 2. The van der Waals surface area contributed by atoms with Crippen LogP contribution in [0.5, 0.6) is 0 Å². The van der Waals surface area contributed by atoms with Crippen molar-refractivity contribution in [3.8, 4) is 6.07 Å². The van der Waals surface area contributed by atoms with Gasteiger partial charge in [0.15, 0.2) is 0 Å². The van der Waals surface area contributed by atoms with Crippen molar-refractivity contribution in [2.45, 2.75) is 13.0 Å². The van der Waals surface area contributed by atoms with Crippen LogP contribution < -0.4 is 5.32 Å². The molecular formula is C13H11N3O3. The van der Waals surface area contributed by atoms with Crippen molar-refractivity contribution in [3.05, 3.63) is 58.0 Å². The average Bonchev–Trinajstić information content (AvgIpc) is 2.92. The highest BCUT2D eigenvalue weighted by molar-refractivity contribution is 5.59. The topological polar surface area (TPSA) is 92.1 Å². The van der Waals surface area contributed by atoms with Crippen LogP contribution >= 0.6 is 0 Å². The number of nitro groups is 1. The number of hydrogen-bond donors (Lipinski definition) is 1. The molecule has 0 bridgehead atoms. The van der Waals surface area contributed by atoms with E-state index in [1.165, 1.54) is 12.1 Å². The van der Waals surface area contributed by atoms with Crippen LogP contribution in [0, 0.1) is 21.4 Å². The van der Waals surface area contributed by atoms with Crippen LogP contribution in [0.1, 0.15) is 24.3 Å². The summed E-state index contributed by atoms with van der Waals surface area (Å²) in [5.74, 6) is 0.729. The highest BCUT2D eigenvalue weighted by Crippen LogP contribution is 2.25. The Morgan fingerprint density at radius 3 is 2.84 bits per heavy atom. The van der Waals surface area contributed by atoms with Gasteiger partial charge in [-0.25, -0.2) is 0 Å². The van der Waals surface area contributed by atoms with Crippen LogP contribution in [0.3, 0.4) is 0 Å². The third kappa shape index (κ3) is 2.72. The normalized spacial score (nSPS) is 11.6. The van der Waals surface area contributed by atoms with Gasteiger partial charge in [0.2, 0.25) is 0 Å². The standard InChI is InChI=1S/C13H11N3O3/c1-9(13-3-2-6-19-13)15-11-5-4-10(8-14)12(7-11)16(17)18/h2-7,9,15H,1H3. The van der Waals surface area contributed by atoms with E-state index < -0.39 is 4.92 Å². The summed E-state index contributed by atoms with van der Waals surface area (Å²) in [5, 5.41) is 22.7. The van der Waals surface area contributed by atoms with E-state index in [1.54, 1.807) is 24.5 Å². The van der Waals surface area contributed by atoms with Crippen molar-refractivity contribution >= 4 is 11.4 Å². The van der Waals surface area contributed by atoms with E-state index in [0.717, 1.165) is 5.76 Å². The molecule has 0 spiro atoms. The minimum Gasteiger partial charge on any atom is -0.467 e. The predicted molar refractivity (Wildman–Crippen MR) is 68.6 cm³/mol. The Balaban J connectivity index is 2.25. The number of rotatable bonds is 4. The fourth-order valence-corrected chi connectivity index (χ4v) is 1.73. The Kier molecular flexibility index (Phi) is 3.48. The molecule has 0 amide bonds. The second-order valence-corrected chi connectivity index (χ2v) is 3.98. The quantitative estimate of drug-likeness (QED) is 0.670. The Morgan fingerprint density at radius 2 is 2.26 bits per heavy atom. The first-order chi connectivity index (χ1) is 9.11. The monoisotopic (exact) mass is 257 g/mol. The highest BCUT2D eigenvalue weighted by atomic mass is 16.6. The maximum Gasteiger partial charge on any atom is 0.289 e. The maximum atomic E-state index is 10.9. The first-order valence-corrected chi connectivity index (χ1v) is 5.60. The van der Waals surface area contributed by atoms with E-state index in [1.807, 2.05) is 13.0 Å². The van der Waals surface area contributed by atoms with Crippen molar-refractivity contribution in [2.24, 2.45) is 0 Å². The molecule has 0 radical (unpaired) electrons. The number of nitriles is 1. The zero-order chi connectivity index (χ0) is 13.8. The van der Waals surface area contributed by atoms with Crippen molar-refractivity contribution in [1.29, 1.82) is 5.26 Å². The number of nitro benzene ring substituents is 1. The zero-order valence-electron chi connectivity index (χ0n) is 10.2. The van der Waals surface area contributed by atoms with Crippen LogP contribution in [0.15, 0.2) is 41.0 Å². The summed E-state index contributed by atoms with van der Waals surface area (Å²) in [4.78, 5) is 10.3. The molecule has 6 heteroatoms. The van der Waals surface area contributed by atoms with Gasteiger partial charge in [-0.05, 0) is 31.2 Å². The van der Waals surface area contributed by atoms with Crippen LogP contribution in [-0.4, -0.2) is 4.92 Å². The SMILES string of the molecule is CC(Nc1ccc(C#N)c([N+](=O)[O-])c1)c1ccco1. The lowest BCUT2D eigenvalue weighted by atomic mass is 10.1. The summed E-state index contributed by atoms with van der Waals surface area (Å²) in [7, 11) is 0. The van der Waals surface area contributed by atoms with E-state index in [0.29, 0.717) is 5.69 Å². The van der Waals surface area contributed by atoms with Gasteiger partial charge in [0.25, 0.3) is 5.69 Å². The van der Waals surface area contributed by atoms with Crippen molar-refractivity contribution in [1.82, 2.24) is 0 Å². The molecule has 2 aromatic rings. The molecule has 19 heavy (non-hydrogen) atoms. The van der Waals surface area contributed by atoms with Crippen molar-refractivity contribution in [2.75, 3.05) is 5.32 Å². The van der Waals surface area contributed by atoms with Gasteiger partial charge in [-0.1, -0.05) is 0 Å². The van der Waals surface area contributed by atoms with Crippen molar-refractivity contribution in [3.63, 3.8) is 0 Å². The molecule has 0 aliphatic carbocycles. The third-order valence-electron chi connectivity index (χ3n) is 2.67. The minimum atomic E-state index is -0.568. The van der Waals surface area contributed by atoms with Crippen LogP contribution in [0.4, 0.5) is 11.4 Å². The number of furan rings is 1. The van der Waals surface area contributed by atoms with E-state index in [4.69, 9.17) is 9.68 Å². The molecule has 2 rings (SSSR count). The largest absolute Gasteiger partial charge is 0.467 e. The van der Waals surface area contributed by atoms with Gasteiger partial charge in [0, 0.05) is 11.8 Å². The summed E-state index contributed by atoms with van der Waals surface area (Å²) in [6.07, 6.45) is 1.56. The number of nitrogens with one attached hydrogen (secondary N) is 1. The van der Waals surface area contributed by atoms with Gasteiger partial charge >= 0.3 is 0 Å². The Morgan fingerprint density at radius 1 is 1.47 bits per heavy atom. The summed E-state index contributed by atoms with van der Waals surface area (Å²) < 4.78 is 5.24. The minimum absolute atomic E-state index is 0.0428. The molecule has 96 valence electrons. The molecule has 0 aliphatic heterocycles. The molecule has 1 aromatic heterocycles. The number of benzene rings is 1. The number of hydrogen-bond acceptors (Lipinski definition) is 5. The summed E-state index contributed by atoms with van der Waals surface area (Å²) in [5.41, 5.74) is 0.398. The molecule has 0 aliphatic rings. The number of anilines is 1. The fraction of sp³-hybridized carbons (Fsp3) is 0.154. The molecule has 1 aromatic carbocycles. The molecule has 1 atom stereocenters. The van der Waals surface area contributed by atoms with Gasteiger partial charge in [-0.15, -0.1) is 0 Å². The Hall–Kier alpha value is -2.81. The second-order valence-electron chi connectivity index (χ2n) is 3.98. The summed E-state index contributed by atoms with van der Waals surface area (Å²) in [6.45, 7) is 1.88. The lowest BCUT2D eigenvalue weighted by Crippen LogP contribution is -2.06. The van der Waals surface area contributed by atoms with Crippen LogP contribution in [-0.2, 0) is 0 Å². The van der Waals surface area contributed by atoms with Crippen LogP contribution in [0.25, 0.3) is 0 Å². The van der Waals surface area contributed by atoms with E-state index in [-0.39, 0.29) is 17.3 Å². The van der Waals surface area contributed by atoms with Gasteiger partial charge in [-0.2, -0.15) is 5.26 Å². The van der Waals surface area contributed by atoms with Gasteiger partial charge in [0.1, 0.15) is 17.4 Å². The zero-order valence-corrected chi connectivity index (χ0v) is 10.2. The molecule has 1 heterocycles. The second kappa shape index (κ2) is 5.23. The lowest BCUT2D eigenvalue weighted by Gasteiger charge is -2.12. The Bertz CT molecular complexity index is 629. The molecule has 0 saturated carbocycles. The molecular weight excluding hydrogens is 246 g/mol. The maximum absolute atomic E-state index is 10.9. The molecule has 1 N–H and O–H groups in total. The molecule has 1 unspecified atom stereocenters. The van der Waals surface area contributed by atoms with E-state index in [2.05, 4.69) is 5.32 Å². The molecule has 0 saturated heterocycles. The highest BCUT2D eigenvalue weighted by Gasteiger charge is 2.15. The summed E-state index contributed by atoms with van der Waals surface area (Å²) in [6, 6.07) is 9.66. The van der Waals surface area contributed by atoms with Gasteiger partial charge in [0.05, 0.1) is 17.2 Å². The van der Waals surface area contributed by atoms with E-state index in [9.17, 15) is 10.1 Å². The Labute approximate surface area is 109 Å². The fourth-order valence-electron chi connectivity index (χ4n) is 1.73. The predicted octanol–water partition coefficient (Wildman–Crippen LogP) is 3.23.